The molecule has 6 nitrogen and oxygen atoms in total. The Morgan fingerprint density at radius 1 is 1.05 bits per heavy atom. The number of amides is 1. The maximum Gasteiger partial charge on any atom is 0.216 e. The van der Waals surface area contributed by atoms with E-state index < -0.39 is 0 Å². The number of rotatable bonds is 17. The van der Waals surface area contributed by atoms with Crippen LogP contribution in [0.15, 0.2) is 41.8 Å². The highest BCUT2D eigenvalue weighted by atomic mass is 32.2. The maximum atomic E-state index is 10.6. The van der Waals surface area contributed by atoms with E-state index in [1.54, 1.807) is 19.4 Å². The first kappa shape index (κ1) is 44.3. The summed E-state index contributed by atoms with van der Waals surface area (Å²) in [6, 6.07) is 0. The van der Waals surface area contributed by atoms with Crippen molar-refractivity contribution < 1.29 is 9.59 Å². The van der Waals surface area contributed by atoms with Gasteiger partial charge in [-0.3, -0.25) is 9.79 Å². The van der Waals surface area contributed by atoms with Gasteiger partial charge in [0.15, 0.2) is 0 Å². The Morgan fingerprint density at radius 2 is 1.67 bits per heavy atom. The van der Waals surface area contributed by atoms with Gasteiger partial charge in [0.1, 0.15) is 5.78 Å². The van der Waals surface area contributed by atoms with Gasteiger partial charge < -0.3 is 20.7 Å². The lowest BCUT2D eigenvalue weighted by Gasteiger charge is -2.22. The van der Waals surface area contributed by atoms with E-state index >= 15 is 0 Å². The van der Waals surface area contributed by atoms with Crippen LogP contribution in [0.25, 0.3) is 0 Å². The fraction of sp³-hybridized carbons (Fsp3) is 0.719. The molecule has 0 saturated carbocycles. The average molecular weight is 569 g/mol. The van der Waals surface area contributed by atoms with Gasteiger partial charge >= 0.3 is 0 Å². The molecule has 0 rings (SSSR count). The topological polar surface area (TPSA) is 82.6 Å². The fourth-order valence-corrected chi connectivity index (χ4v) is 3.36. The van der Waals surface area contributed by atoms with Gasteiger partial charge in [-0.2, -0.15) is 0 Å². The van der Waals surface area contributed by atoms with Gasteiger partial charge in [0.05, 0.1) is 5.04 Å². The Labute approximate surface area is 247 Å². The quantitative estimate of drug-likeness (QED) is 0.0729. The summed E-state index contributed by atoms with van der Waals surface area (Å²) in [6.07, 6.45) is 8.97. The van der Waals surface area contributed by atoms with E-state index in [0.29, 0.717) is 17.8 Å². The molecule has 0 aromatic heterocycles. The molecule has 1 atom stereocenters. The van der Waals surface area contributed by atoms with Gasteiger partial charge in [0.25, 0.3) is 0 Å². The highest BCUT2D eigenvalue weighted by molar-refractivity contribution is 8.16. The third kappa shape index (κ3) is 40.9. The normalized spacial score (nSPS) is 11.3. The van der Waals surface area contributed by atoms with Crippen LogP contribution in [-0.2, 0) is 9.59 Å². The second-order valence-electron chi connectivity index (χ2n) is 10.2. The molecule has 1 unspecified atom stereocenters. The number of hydrogen-bond donors (Lipinski definition) is 3. The van der Waals surface area contributed by atoms with Gasteiger partial charge in [-0.05, 0) is 82.8 Å². The second-order valence-corrected chi connectivity index (χ2v) is 11.2. The zero-order chi connectivity index (χ0) is 31.1. The van der Waals surface area contributed by atoms with Crippen LogP contribution in [0.1, 0.15) is 100 Å². The van der Waals surface area contributed by atoms with E-state index in [2.05, 4.69) is 75.3 Å². The molecule has 0 aliphatic heterocycles. The molecule has 0 bridgehead atoms. The number of aliphatic imine (C=N–C) groups is 1. The summed E-state index contributed by atoms with van der Waals surface area (Å²) in [7, 11) is 3.72. The number of carbonyl (C=O) groups excluding carboxylic acids is 2. The van der Waals surface area contributed by atoms with Crippen LogP contribution in [0.4, 0.5) is 0 Å². The Morgan fingerprint density at radius 3 is 2.00 bits per heavy atom. The summed E-state index contributed by atoms with van der Waals surface area (Å²) < 4.78 is 0. The highest BCUT2D eigenvalue weighted by Crippen LogP contribution is 2.23. The van der Waals surface area contributed by atoms with E-state index in [1.165, 1.54) is 37.1 Å². The monoisotopic (exact) mass is 568 g/mol. The van der Waals surface area contributed by atoms with Crippen LogP contribution < -0.4 is 16.0 Å². The van der Waals surface area contributed by atoms with Crippen LogP contribution in [-0.4, -0.2) is 57.0 Å². The van der Waals surface area contributed by atoms with Crippen molar-refractivity contribution in [2.75, 3.05) is 40.3 Å². The minimum atomic E-state index is 0.0573. The summed E-state index contributed by atoms with van der Waals surface area (Å²) in [6.45, 7) is 31.5. The van der Waals surface area contributed by atoms with Crippen LogP contribution in [0.5, 0.6) is 0 Å². The Hall–Kier alpha value is -1.70. The number of carbonyl (C=O) groups is 2. The molecule has 0 aliphatic rings. The molecule has 0 fully saturated rings. The molecular formula is C32H64N4O2S. The first-order chi connectivity index (χ1) is 18.3. The SMILES string of the molecule is C=CCC(CNC)C(=C)C.C=CSC(CCCC(C)=O)=NC.CCCNC(C)=O.CCNCCC(C)(C)CC. The predicted molar refractivity (Wildman–Crippen MR) is 179 cm³/mol. The van der Waals surface area contributed by atoms with Crippen molar-refractivity contribution in [2.45, 2.75) is 100 Å². The number of Topliss-reactive ketones (excluding diaryl/α,β-unsaturated/α-hetero) is 1. The number of nitrogens with zero attached hydrogens (tertiary/aromatic N) is 1. The number of nitrogens with one attached hydrogen (secondary N) is 3. The molecule has 0 aromatic carbocycles. The second kappa shape index (κ2) is 32.5. The van der Waals surface area contributed by atoms with Crippen LogP contribution in [0.3, 0.4) is 0 Å². The third-order valence-corrected chi connectivity index (χ3v) is 6.62. The van der Waals surface area contributed by atoms with E-state index in [4.69, 9.17) is 0 Å². The van der Waals surface area contributed by atoms with Gasteiger partial charge in [0, 0.05) is 33.5 Å². The first-order valence-corrected chi connectivity index (χ1v) is 15.3. The minimum Gasteiger partial charge on any atom is -0.356 e. The Bertz CT molecular complexity index is 661. The molecule has 3 N–H and O–H groups in total. The molecule has 7 heteroatoms. The zero-order valence-electron chi connectivity index (χ0n) is 27.3. The van der Waals surface area contributed by atoms with Crippen LogP contribution >= 0.6 is 11.8 Å². The number of hydrogen-bond acceptors (Lipinski definition) is 6. The molecule has 0 heterocycles. The summed E-state index contributed by atoms with van der Waals surface area (Å²) >= 11 is 1.53. The predicted octanol–water partition coefficient (Wildman–Crippen LogP) is 7.58. The number of allylic oxidation sites excluding steroid dienone is 1. The molecule has 0 radical (unpaired) electrons. The van der Waals surface area contributed by atoms with E-state index in [9.17, 15) is 9.59 Å². The number of ketones is 1. The van der Waals surface area contributed by atoms with Crippen molar-refractivity contribution >= 4 is 28.5 Å². The van der Waals surface area contributed by atoms with Crippen molar-refractivity contribution in [3.05, 3.63) is 36.8 Å². The van der Waals surface area contributed by atoms with E-state index in [0.717, 1.165) is 56.9 Å². The van der Waals surface area contributed by atoms with Gasteiger partial charge in [-0.15, -0.1) is 6.58 Å². The maximum absolute atomic E-state index is 10.6. The summed E-state index contributed by atoms with van der Waals surface area (Å²) in [5, 5.41) is 11.9. The molecule has 0 aliphatic carbocycles. The van der Waals surface area contributed by atoms with Crippen molar-refractivity contribution in [2.24, 2.45) is 16.3 Å². The molecule has 39 heavy (non-hydrogen) atoms. The molecule has 1 amide bonds. The van der Waals surface area contributed by atoms with Crippen LogP contribution in [0, 0.1) is 11.3 Å². The molecule has 0 spiro atoms. The van der Waals surface area contributed by atoms with E-state index in [-0.39, 0.29) is 11.7 Å². The highest BCUT2D eigenvalue weighted by Gasteiger charge is 2.13. The van der Waals surface area contributed by atoms with Gasteiger partial charge in [-0.25, -0.2) is 0 Å². The van der Waals surface area contributed by atoms with E-state index in [1.807, 2.05) is 20.0 Å². The average Bonchev–Trinajstić information content (AvgIpc) is 2.87. The fourth-order valence-electron chi connectivity index (χ4n) is 2.80. The lowest BCUT2D eigenvalue weighted by Crippen LogP contribution is -2.21. The Balaban J connectivity index is -0.000000213. The molecule has 0 aromatic rings. The number of thioether (sulfide) groups is 1. The minimum absolute atomic E-state index is 0.0573. The smallest absolute Gasteiger partial charge is 0.216 e. The standard InChI is InChI=1S/C9H15NOS.C9H17N.C9H21N.C5H11NO/c1-4-12-9(10-3)7-5-6-8(2)11;1-5-6-9(7-10-4)8(2)3;1-5-9(3,4)7-8-10-6-2;1-3-4-6-5(2)7/h4H,1,5-7H2,2-3H3;5,9-10H,1-2,6-7H2,3-4H3;10H,5-8H2,1-4H3;3-4H2,1-2H3,(H,6,7). The first-order valence-electron chi connectivity index (χ1n) is 14.4. The lowest BCUT2D eigenvalue weighted by molar-refractivity contribution is -0.119. The summed E-state index contributed by atoms with van der Waals surface area (Å²) in [4.78, 5) is 24.8. The largest absolute Gasteiger partial charge is 0.356 e. The Kier molecular flexibility index (Phi) is 36.9. The lowest BCUT2D eigenvalue weighted by atomic mass is 9.87. The van der Waals surface area contributed by atoms with Crippen molar-refractivity contribution in [3.63, 3.8) is 0 Å². The van der Waals surface area contributed by atoms with Gasteiger partial charge in [-0.1, -0.05) is 77.6 Å². The third-order valence-electron chi connectivity index (χ3n) is 5.80. The van der Waals surface area contributed by atoms with Crippen molar-refractivity contribution in [1.29, 1.82) is 0 Å². The summed E-state index contributed by atoms with van der Waals surface area (Å²) in [5.74, 6) is 0.860. The van der Waals surface area contributed by atoms with Gasteiger partial charge in [0.2, 0.25) is 5.91 Å². The molecule has 0 saturated heterocycles. The van der Waals surface area contributed by atoms with Crippen molar-refractivity contribution in [1.82, 2.24) is 16.0 Å². The van der Waals surface area contributed by atoms with Crippen molar-refractivity contribution in [3.8, 4) is 0 Å². The van der Waals surface area contributed by atoms with Crippen LogP contribution in [0.2, 0.25) is 0 Å². The molecule has 230 valence electrons. The summed E-state index contributed by atoms with van der Waals surface area (Å²) in [5.41, 5.74) is 1.76. The molecular weight excluding hydrogens is 504 g/mol. The zero-order valence-corrected chi connectivity index (χ0v) is 28.1.